The first-order valence-electron chi connectivity index (χ1n) is 5.09. The summed E-state index contributed by atoms with van der Waals surface area (Å²) in [5, 5.41) is 12.1. The van der Waals surface area contributed by atoms with E-state index in [1.807, 2.05) is 18.2 Å². The molecule has 1 heterocycles. The van der Waals surface area contributed by atoms with Crippen LogP contribution in [0.3, 0.4) is 0 Å². The molecule has 0 spiro atoms. The minimum atomic E-state index is 0.545. The number of aromatic nitrogens is 1. The number of hydrogen-bond acceptors (Lipinski definition) is 3. The van der Waals surface area contributed by atoms with Crippen molar-refractivity contribution in [2.75, 3.05) is 5.32 Å². The number of nitrogens with zero attached hydrogens (tertiary/aromatic N) is 2. The topological polar surface area (TPSA) is 48.7 Å². The standard InChI is InChI=1S/C13H10IN3/c1-9-4-5-11(7-12(9)14)17-13-10(8-15)3-2-6-16-13/h2-7H,1H3,(H,16,17). The molecule has 17 heavy (non-hydrogen) atoms. The Balaban J connectivity index is 2.32. The van der Waals surface area contributed by atoms with Crippen molar-refractivity contribution in [2.45, 2.75) is 6.92 Å². The lowest BCUT2D eigenvalue weighted by molar-refractivity contribution is 1.28. The zero-order valence-corrected chi connectivity index (χ0v) is 11.4. The van der Waals surface area contributed by atoms with Gasteiger partial charge in [-0.05, 0) is 59.3 Å². The molecule has 0 radical (unpaired) electrons. The van der Waals surface area contributed by atoms with Crippen LogP contribution in [0.25, 0.3) is 0 Å². The molecule has 0 aliphatic carbocycles. The molecule has 84 valence electrons. The van der Waals surface area contributed by atoms with Crippen molar-refractivity contribution in [3.05, 3.63) is 51.2 Å². The Morgan fingerprint density at radius 2 is 2.18 bits per heavy atom. The average molecular weight is 335 g/mol. The second-order valence-corrected chi connectivity index (χ2v) is 4.76. The Morgan fingerprint density at radius 1 is 1.35 bits per heavy atom. The molecule has 0 aliphatic rings. The van der Waals surface area contributed by atoms with Crippen LogP contribution in [0, 0.1) is 21.8 Å². The molecule has 4 heteroatoms. The number of nitrogens with one attached hydrogen (secondary N) is 1. The number of hydrogen-bond donors (Lipinski definition) is 1. The van der Waals surface area contributed by atoms with Crippen molar-refractivity contribution < 1.29 is 0 Å². The van der Waals surface area contributed by atoms with E-state index in [1.165, 1.54) is 9.13 Å². The fraction of sp³-hybridized carbons (Fsp3) is 0.0769. The maximum Gasteiger partial charge on any atom is 0.148 e. The van der Waals surface area contributed by atoms with Crippen molar-refractivity contribution in [3.63, 3.8) is 0 Å². The van der Waals surface area contributed by atoms with Crippen molar-refractivity contribution in [1.82, 2.24) is 4.98 Å². The largest absolute Gasteiger partial charge is 0.339 e. The molecule has 2 aromatic rings. The molecule has 3 nitrogen and oxygen atoms in total. The molecule has 0 bridgehead atoms. The van der Waals surface area contributed by atoms with E-state index in [4.69, 9.17) is 5.26 Å². The third-order valence-electron chi connectivity index (χ3n) is 2.36. The van der Waals surface area contributed by atoms with Crippen LogP contribution in [0.1, 0.15) is 11.1 Å². The van der Waals surface area contributed by atoms with Gasteiger partial charge in [-0.25, -0.2) is 4.98 Å². The molecule has 2 rings (SSSR count). The Hall–Kier alpha value is -1.61. The van der Waals surface area contributed by atoms with E-state index >= 15 is 0 Å². The second kappa shape index (κ2) is 5.15. The third kappa shape index (κ3) is 2.74. The van der Waals surface area contributed by atoms with Crippen molar-refractivity contribution >= 4 is 34.1 Å². The fourth-order valence-electron chi connectivity index (χ4n) is 1.40. The van der Waals surface area contributed by atoms with Gasteiger partial charge in [0, 0.05) is 15.5 Å². The highest BCUT2D eigenvalue weighted by atomic mass is 127. The van der Waals surface area contributed by atoms with E-state index in [0.29, 0.717) is 11.4 Å². The molecule has 1 aromatic carbocycles. The summed E-state index contributed by atoms with van der Waals surface area (Å²) in [7, 11) is 0. The number of anilines is 2. The predicted molar refractivity (Wildman–Crippen MR) is 76.1 cm³/mol. The van der Waals surface area contributed by atoms with Crippen LogP contribution in [0.2, 0.25) is 0 Å². The highest BCUT2D eigenvalue weighted by molar-refractivity contribution is 14.1. The molecule has 1 N–H and O–H groups in total. The van der Waals surface area contributed by atoms with Crippen LogP contribution in [-0.4, -0.2) is 4.98 Å². The van der Waals surface area contributed by atoms with Crippen molar-refractivity contribution in [3.8, 4) is 6.07 Å². The molecule has 0 fully saturated rings. The van der Waals surface area contributed by atoms with Gasteiger partial charge in [0.05, 0.1) is 5.56 Å². The van der Waals surface area contributed by atoms with Crippen LogP contribution in [0.5, 0.6) is 0 Å². The normalized spacial score (nSPS) is 9.71. The van der Waals surface area contributed by atoms with Gasteiger partial charge in [-0.1, -0.05) is 6.07 Å². The van der Waals surface area contributed by atoms with Gasteiger partial charge < -0.3 is 5.32 Å². The number of pyridine rings is 1. The van der Waals surface area contributed by atoms with Gasteiger partial charge in [0.2, 0.25) is 0 Å². The maximum atomic E-state index is 8.96. The molecular formula is C13H10IN3. The average Bonchev–Trinajstić information content (AvgIpc) is 2.34. The Labute approximate surface area is 114 Å². The van der Waals surface area contributed by atoms with E-state index in [0.717, 1.165) is 5.69 Å². The summed E-state index contributed by atoms with van der Waals surface area (Å²) in [6.45, 7) is 2.06. The van der Waals surface area contributed by atoms with Crippen LogP contribution < -0.4 is 5.32 Å². The van der Waals surface area contributed by atoms with Gasteiger partial charge in [0.1, 0.15) is 11.9 Å². The summed E-state index contributed by atoms with van der Waals surface area (Å²) in [5.74, 6) is 0.592. The lowest BCUT2D eigenvalue weighted by atomic mass is 10.2. The Kier molecular flexibility index (Phi) is 3.59. The summed E-state index contributed by atoms with van der Waals surface area (Å²) >= 11 is 2.29. The zero-order valence-electron chi connectivity index (χ0n) is 9.24. The SMILES string of the molecule is Cc1ccc(Nc2ncccc2C#N)cc1I. The second-order valence-electron chi connectivity index (χ2n) is 3.60. The molecule has 0 saturated heterocycles. The van der Waals surface area contributed by atoms with E-state index in [-0.39, 0.29) is 0 Å². The monoisotopic (exact) mass is 335 g/mol. The minimum Gasteiger partial charge on any atom is -0.339 e. The zero-order chi connectivity index (χ0) is 12.3. The highest BCUT2D eigenvalue weighted by Crippen LogP contribution is 2.21. The van der Waals surface area contributed by atoms with Gasteiger partial charge >= 0.3 is 0 Å². The highest BCUT2D eigenvalue weighted by Gasteiger charge is 2.03. The lowest BCUT2D eigenvalue weighted by Crippen LogP contribution is -1.97. The number of rotatable bonds is 2. The summed E-state index contributed by atoms with van der Waals surface area (Å²) in [4.78, 5) is 4.16. The summed E-state index contributed by atoms with van der Waals surface area (Å²) < 4.78 is 1.18. The van der Waals surface area contributed by atoms with E-state index in [9.17, 15) is 0 Å². The van der Waals surface area contributed by atoms with E-state index in [2.05, 4.69) is 45.9 Å². The fourth-order valence-corrected chi connectivity index (χ4v) is 1.92. The van der Waals surface area contributed by atoms with Crippen molar-refractivity contribution in [2.24, 2.45) is 0 Å². The molecule has 0 saturated carbocycles. The maximum absolute atomic E-state index is 8.96. The Morgan fingerprint density at radius 3 is 2.88 bits per heavy atom. The summed E-state index contributed by atoms with van der Waals surface area (Å²) in [5.41, 5.74) is 2.72. The van der Waals surface area contributed by atoms with Crippen LogP contribution in [-0.2, 0) is 0 Å². The molecular weight excluding hydrogens is 325 g/mol. The third-order valence-corrected chi connectivity index (χ3v) is 3.52. The minimum absolute atomic E-state index is 0.545. The summed E-state index contributed by atoms with van der Waals surface area (Å²) in [6, 6.07) is 11.7. The molecule has 0 aliphatic heterocycles. The molecule has 1 aromatic heterocycles. The smallest absolute Gasteiger partial charge is 0.148 e. The van der Waals surface area contributed by atoms with Gasteiger partial charge in [-0.15, -0.1) is 0 Å². The Bertz CT molecular complexity index is 587. The molecule has 0 unspecified atom stereocenters. The number of halogens is 1. The van der Waals surface area contributed by atoms with Crippen LogP contribution in [0.15, 0.2) is 36.5 Å². The van der Waals surface area contributed by atoms with Gasteiger partial charge in [-0.3, -0.25) is 0 Å². The first-order chi connectivity index (χ1) is 8.20. The molecule has 0 amide bonds. The van der Waals surface area contributed by atoms with Gasteiger partial charge in [0.15, 0.2) is 0 Å². The van der Waals surface area contributed by atoms with E-state index in [1.54, 1.807) is 18.3 Å². The van der Waals surface area contributed by atoms with Crippen molar-refractivity contribution in [1.29, 1.82) is 5.26 Å². The first-order valence-corrected chi connectivity index (χ1v) is 6.17. The lowest BCUT2D eigenvalue weighted by Gasteiger charge is -2.08. The summed E-state index contributed by atoms with van der Waals surface area (Å²) in [6.07, 6.45) is 1.67. The van der Waals surface area contributed by atoms with E-state index < -0.39 is 0 Å². The number of benzene rings is 1. The number of nitriles is 1. The number of aryl methyl sites for hydroxylation is 1. The van der Waals surface area contributed by atoms with Crippen LogP contribution >= 0.6 is 22.6 Å². The quantitative estimate of drug-likeness (QED) is 0.853. The van der Waals surface area contributed by atoms with Gasteiger partial charge in [0.25, 0.3) is 0 Å². The van der Waals surface area contributed by atoms with Crippen LogP contribution in [0.4, 0.5) is 11.5 Å². The van der Waals surface area contributed by atoms with Gasteiger partial charge in [-0.2, -0.15) is 5.26 Å². The first kappa shape index (κ1) is 11.9. The molecule has 0 atom stereocenters. The predicted octanol–water partition coefficient (Wildman–Crippen LogP) is 3.61.